The summed E-state index contributed by atoms with van der Waals surface area (Å²) in [5.41, 5.74) is 1.97. The topological polar surface area (TPSA) is 76.9 Å². The normalized spacial score (nSPS) is 11.8. The van der Waals surface area contributed by atoms with Gasteiger partial charge < -0.3 is 5.32 Å². The van der Waals surface area contributed by atoms with E-state index in [1.54, 1.807) is 6.07 Å². The second-order valence-corrected chi connectivity index (χ2v) is 5.91. The van der Waals surface area contributed by atoms with Gasteiger partial charge >= 0.3 is 5.69 Å². The van der Waals surface area contributed by atoms with Crippen molar-refractivity contribution in [2.45, 2.75) is 19.9 Å². The molecule has 7 heteroatoms. The highest BCUT2D eigenvalue weighted by atomic mass is 19.1. The van der Waals surface area contributed by atoms with Crippen LogP contribution in [0, 0.1) is 12.7 Å². The molecule has 2 aromatic carbocycles. The highest BCUT2D eigenvalue weighted by Gasteiger charge is 2.18. The smallest absolute Gasteiger partial charge is 0.324 e. The van der Waals surface area contributed by atoms with Crippen LogP contribution in [0.1, 0.15) is 18.5 Å². The molecule has 1 aromatic heterocycles. The number of anilines is 1. The van der Waals surface area contributed by atoms with Gasteiger partial charge in [0.05, 0.1) is 11.9 Å². The Kier molecular flexibility index (Phi) is 4.88. The van der Waals surface area contributed by atoms with Gasteiger partial charge in [-0.2, -0.15) is 10.1 Å². The van der Waals surface area contributed by atoms with Crippen molar-refractivity contribution >= 4 is 11.6 Å². The number of benzene rings is 2. The second kappa shape index (κ2) is 7.26. The van der Waals surface area contributed by atoms with Crippen molar-refractivity contribution in [2.24, 2.45) is 0 Å². The molecule has 0 aliphatic heterocycles. The number of aromatic nitrogens is 3. The zero-order valence-corrected chi connectivity index (χ0v) is 14.3. The van der Waals surface area contributed by atoms with Gasteiger partial charge in [-0.15, -0.1) is 0 Å². The molecule has 1 N–H and O–H groups in total. The summed E-state index contributed by atoms with van der Waals surface area (Å²) in [6.07, 6.45) is 1.44. The monoisotopic (exact) mass is 352 g/mol. The van der Waals surface area contributed by atoms with E-state index in [2.05, 4.69) is 15.4 Å². The number of amides is 1. The van der Waals surface area contributed by atoms with Crippen LogP contribution in [0.15, 0.2) is 59.5 Å². The Morgan fingerprint density at radius 1 is 1.19 bits per heavy atom. The van der Waals surface area contributed by atoms with Crippen LogP contribution in [0.2, 0.25) is 0 Å². The van der Waals surface area contributed by atoms with E-state index in [9.17, 15) is 14.0 Å². The molecule has 0 aliphatic carbocycles. The summed E-state index contributed by atoms with van der Waals surface area (Å²) < 4.78 is 14.2. The number of carbonyl (C=O) groups excluding carboxylic acids is 1. The first-order valence-corrected chi connectivity index (χ1v) is 8.03. The van der Waals surface area contributed by atoms with E-state index >= 15 is 0 Å². The molecule has 1 amide bonds. The van der Waals surface area contributed by atoms with Crippen LogP contribution in [0.25, 0.3) is 11.3 Å². The van der Waals surface area contributed by atoms with Gasteiger partial charge in [0.15, 0.2) is 0 Å². The van der Waals surface area contributed by atoms with Gasteiger partial charge in [-0.25, -0.2) is 13.9 Å². The van der Waals surface area contributed by atoms with Crippen LogP contribution < -0.4 is 11.0 Å². The van der Waals surface area contributed by atoms with Crippen LogP contribution in [-0.2, 0) is 4.79 Å². The fourth-order valence-electron chi connectivity index (χ4n) is 2.40. The number of aryl methyl sites for hydroxylation is 1. The molecule has 0 radical (unpaired) electrons. The third-order valence-corrected chi connectivity index (χ3v) is 3.90. The summed E-state index contributed by atoms with van der Waals surface area (Å²) in [7, 11) is 0. The number of rotatable bonds is 4. The van der Waals surface area contributed by atoms with Gasteiger partial charge in [0.25, 0.3) is 0 Å². The number of nitrogens with zero attached hydrogens (tertiary/aromatic N) is 3. The number of hydrogen-bond donors (Lipinski definition) is 1. The van der Waals surface area contributed by atoms with Gasteiger partial charge in [-0.05, 0) is 32.0 Å². The Morgan fingerprint density at radius 2 is 1.92 bits per heavy atom. The number of carbonyl (C=O) groups is 1. The first kappa shape index (κ1) is 17.5. The minimum atomic E-state index is -0.898. The molecule has 132 valence electrons. The van der Waals surface area contributed by atoms with Gasteiger partial charge in [0.2, 0.25) is 5.91 Å². The highest BCUT2D eigenvalue weighted by Crippen LogP contribution is 2.16. The molecule has 1 heterocycles. The van der Waals surface area contributed by atoms with Gasteiger partial charge in [-0.3, -0.25) is 4.79 Å². The van der Waals surface area contributed by atoms with Crippen molar-refractivity contribution < 1.29 is 9.18 Å². The SMILES string of the molecule is Cc1ccc(-c2cnn([C@@H](C)C(=O)Nc3cccc(F)c3)c(=O)n2)cc1. The van der Waals surface area contributed by atoms with Crippen LogP contribution in [0.3, 0.4) is 0 Å². The summed E-state index contributed by atoms with van der Waals surface area (Å²) in [5, 5.41) is 6.62. The summed E-state index contributed by atoms with van der Waals surface area (Å²) in [4.78, 5) is 28.6. The maximum Gasteiger partial charge on any atom is 0.365 e. The third-order valence-electron chi connectivity index (χ3n) is 3.90. The van der Waals surface area contributed by atoms with Crippen molar-refractivity contribution in [1.82, 2.24) is 14.8 Å². The van der Waals surface area contributed by atoms with E-state index in [1.165, 1.54) is 31.3 Å². The Morgan fingerprint density at radius 3 is 2.58 bits per heavy atom. The molecule has 3 rings (SSSR count). The first-order chi connectivity index (χ1) is 12.4. The van der Waals surface area contributed by atoms with Gasteiger partial charge in [-0.1, -0.05) is 35.9 Å². The summed E-state index contributed by atoms with van der Waals surface area (Å²) >= 11 is 0. The molecule has 0 saturated heterocycles. The Hall–Kier alpha value is -3.35. The molecule has 6 nitrogen and oxygen atoms in total. The number of hydrogen-bond acceptors (Lipinski definition) is 4. The van der Waals surface area contributed by atoms with E-state index in [0.29, 0.717) is 11.4 Å². The van der Waals surface area contributed by atoms with E-state index in [0.717, 1.165) is 15.8 Å². The lowest BCUT2D eigenvalue weighted by Gasteiger charge is -2.14. The summed E-state index contributed by atoms with van der Waals surface area (Å²) in [5.74, 6) is -0.954. The van der Waals surface area contributed by atoms with Crippen LogP contribution in [0.5, 0.6) is 0 Å². The van der Waals surface area contributed by atoms with E-state index in [4.69, 9.17) is 0 Å². The molecular formula is C19H17FN4O2. The highest BCUT2D eigenvalue weighted by molar-refractivity contribution is 5.93. The largest absolute Gasteiger partial charge is 0.365 e. The molecule has 0 fully saturated rings. The summed E-state index contributed by atoms with van der Waals surface area (Å²) in [6, 6.07) is 12.1. The van der Waals surface area contributed by atoms with Crippen LogP contribution in [-0.4, -0.2) is 20.7 Å². The lowest BCUT2D eigenvalue weighted by Crippen LogP contribution is -2.34. The van der Waals surface area contributed by atoms with Gasteiger partial charge in [0.1, 0.15) is 11.9 Å². The molecule has 26 heavy (non-hydrogen) atoms. The lowest BCUT2D eigenvalue weighted by molar-refractivity contribution is -0.119. The van der Waals surface area contributed by atoms with Crippen molar-refractivity contribution in [3.63, 3.8) is 0 Å². The maximum atomic E-state index is 13.2. The average Bonchev–Trinajstić information content (AvgIpc) is 2.61. The Bertz CT molecular complexity index is 999. The molecule has 0 saturated carbocycles. The molecule has 0 aliphatic rings. The van der Waals surface area contributed by atoms with Crippen molar-refractivity contribution in [3.8, 4) is 11.3 Å². The minimum Gasteiger partial charge on any atom is -0.324 e. The summed E-state index contributed by atoms with van der Waals surface area (Å²) in [6.45, 7) is 3.49. The number of nitrogens with one attached hydrogen (secondary N) is 1. The fourth-order valence-corrected chi connectivity index (χ4v) is 2.40. The van der Waals surface area contributed by atoms with Gasteiger partial charge in [0, 0.05) is 11.3 Å². The van der Waals surface area contributed by atoms with Crippen molar-refractivity contribution in [1.29, 1.82) is 0 Å². The molecule has 0 unspecified atom stereocenters. The van der Waals surface area contributed by atoms with E-state index in [1.807, 2.05) is 31.2 Å². The van der Waals surface area contributed by atoms with E-state index in [-0.39, 0.29) is 0 Å². The number of halogens is 1. The maximum absolute atomic E-state index is 13.2. The molecular weight excluding hydrogens is 335 g/mol. The molecule has 3 aromatic rings. The van der Waals surface area contributed by atoms with Crippen molar-refractivity contribution in [2.75, 3.05) is 5.32 Å². The molecule has 0 bridgehead atoms. The fraction of sp³-hybridized carbons (Fsp3) is 0.158. The molecule has 1 atom stereocenters. The zero-order chi connectivity index (χ0) is 18.7. The lowest BCUT2D eigenvalue weighted by atomic mass is 10.1. The predicted octanol–water partition coefficient (Wildman–Crippen LogP) is 2.95. The second-order valence-electron chi connectivity index (χ2n) is 5.91. The quantitative estimate of drug-likeness (QED) is 0.783. The Labute approximate surface area is 149 Å². The molecule has 0 spiro atoms. The van der Waals surface area contributed by atoms with Crippen molar-refractivity contribution in [3.05, 3.63) is 76.6 Å². The van der Waals surface area contributed by atoms with Crippen LogP contribution >= 0.6 is 0 Å². The minimum absolute atomic E-state index is 0.305. The van der Waals surface area contributed by atoms with E-state index < -0.39 is 23.5 Å². The zero-order valence-electron chi connectivity index (χ0n) is 14.3. The average molecular weight is 352 g/mol. The van der Waals surface area contributed by atoms with Crippen LogP contribution in [0.4, 0.5) is 10.1 Å². The standard InChI is InChI=1S/C19H17FN4O2/c1-12-6-8-14(9-7-12)17-11-21-24(19(26)23-17)13(2)18(25)22-16-5-3-4-15(20)10-16/h3-11,13H,1-2H3,(H,22,25)/t13-/m0/s1. The Balaban J connectivity index is 1.81. The predicted molar refractivity (Wildman–Crippen MR) is 96.2 cm³/mol. The third kappa shape index (κ3) is 3.83. The first-order valence-electron chi connectivity index (χ1n) is 8.03.